The minimum atomic E-state index is 1.00. The van der Waals surface area contributed by atoms with Gasteiger partial charge in [0.05, 0.1) is 0 Å². The van der Waals surface area contributed by atoms with Crippen LogP contribution in [0.25, 0.3) is 0 Å². The Morgan fingerprint density at radius 1 is 0.593 bits per heavy atom. The molecular weight excluding hydrogens is 324 g/mol. The van der Waals surface area contributed by atoms with Crippen LogP contribution in [0.3, 0.4) is 0 Å². The van der Waals surface area contributed by atoms with Gasteiger partial charge in [0.25, 0.3) is 0 Å². The molecule has 0 aliphatic heterocycles. The molecule has 1 unspecified atom stereocenters. The number of hydrogen-bond acceptors (Lipinski definition) is 0. The lowest BCUT2D eigenvalue weighted by atomic mass is 9.92. The monoisotopic (exact) mass is 378 g/mol. The Morgan fingerprint density at radius 2 is 1.11 bits per heavy atom. The van der Waals surface area contributed by atoms with E-state index in [-0.39, 0.29) is 0 Å². The molecule has 0 heterocycles. The van der Waals surface area contributed by atoms with Gasteiger partial charge in [-0.05, 0) is 38.0 Å². The second kappa shape index (κ2) is 22.0. The third-order valence-electron chi connectivity index (χ3n) is 6.35. The van der Waals surface area contributed by atoms with Gasteiger partial charge in [0.15, 0.2) is 0 Å². The smallest absolute Gasteiger partial charge is 0.0320 e. The van der Waals surface area contributed by atoms with Crippen molar-refractivity contribution in [1.82, 2.24) is 0 Å². The van der Waals surface area contributed by atoms with Gasteiger partial charge in [-0.1, -0.05) is 136 Å². The Balaban J connectivity index is 3.58. The van der Waals surface area contributed by atoms with Crippen LogP contribution in [0.2, 0.25) is 0 Å². The van der Waals surface area contributed by atoms with E-state index in [2.05, 4.69) is 33.8 Å². The SMILES string of the molecule is CCCCCCCCCCC(CC)CCCCC/C=C(\CC)CCCCC. The van der Waals surface area contributed by atoms with E-state index in [1.165, 1.54) is 128 Å². The molecule has 0 rings (SSSR count). The van der Waals surface area contributed by atoms with Crippen LogP contribution in [0.4, 0.5) is 0 Å². The van der Waals surface area contributed by atoms with E-state index < -0.39 is 0 Å². The van der Waals surface area contributed by atoms with Gasteiger partial charge in [-0.2, -0.15) is 0 Å². The molecule has 162 valence electrons. The van der Waals surface area contributed by atoms with E-state index in [1.807, 2.05) is 0 Å². The first-order valence-electron chi connectivity index (χ1n) is 13.0. The number of unbranched alkanes of at least 4 members (excludes halogenated alkanes) is 12. The van der Waals surface area contributed by atoms with E-state index in [9.17, 15) is 0 Å². The van der Waals surface area contributed by atoms with E-state index in [0.29, 0.717) is 0 Å². The topological polar surface area (TPSA) is 0 Å². The average molecular weight is 379 g/mol. The summed E-state index contributed by atoms with van der Waals surface area (Å²) in [5.41, 5.74) is 1.71. The van der Waals surface area contributed by atoms with Crippen molar-refractivity contribution in [1.29, 1.82) is 0 Å². The van der Waals surface area contributed by atoms with Gasteiger partial charge in [-0.15, -0.1) is 0 Å². The van der Waals surface area contributed by atoms with E-state index in [4.69, 9.17) is 0 Å². The highest BCUT2D eigenvalue weighted by atomic mass is 14.1. The van der Waals surface area contributed by atoms with Crippen molar-refractivity contribution in [3.8, 4) is 0 Å². The molecule has 0 saturated carbocycles. The quantitative estimate of drug-likeness (QED) is 0.138. The first-order valence-corrected chi connectivity index (χ1v) is 13.0. The molecule has 27 heavy (non-hydrogen) atoms. The molecule has 0 aromatic carbocycles. The second-order valence-corrected chi connectivity index (χ2v) is 8.85. The van der Waals surface area contributed by atoms with Gasteiger partial charge >= 0.3 is 0 Å². The summed E-state index contributed by atoms with van der Waals surface area (Å²) in [6, 6.07) is 0. The average Bonchev–Trinajstić information content (AvgIpc) is 2.69. The zero-order valence-electron chi connectivity index (χ0n) is 19.8. The van der Waals surface area contributed by atoms with Crippen LogP contribution in [0, 0.1) is 5.92 Å². The fourth-order valence-corrected chi connectivity index (χ4v) is 4.21. The zero-order valence-corrected chi connectivity index (χ0v) is 19.8. The minimum absolute atomic E-state index is 1.00. The minimum Gasteiger partial charge on any atom is -0.0853 e. The molecule has 1 atom stereocenters. The summed E-state index contributed by atoms with van der Waals surface area (Å²) >= 11 is 0. The predicted molar refractivity (Wildman–Crippen MR) is 127 cm³/mol. The van der Waals surface area contributed by atoms with Crippen LogP contribution in [0.5, 0.6) is 0 Å². The van der Waals surface area contributed by atoms with Crippen molar-refractivity contribution >= 4 is 0 Å². The van der Waals surface area contributed by atoms with Crippen LogP contribution in [-0.4, -0.2) is 0 Å². The fraction of sp³-hybridized carbons (Fsp3) is 0.926. The van der Waals surface area contributed by atoms with Gasteiger partial charge in [-0.25, -0.2) is 0 Å². The summed E-state index contributed by atoms with van der Waals surface area (Å²) in [5, 5.41) is 0. The summed E-state index contributed by atoms with van der Waals surface area (Å²) < 4.78 is 0. The third-order valence-corrected chi connectivity index (χ3v) is 6.35. The molecule has 0 bridgehead atoms. The number of rotatable bonds is 21. The molecule has 0 fully saturated rings. The lowest BCUT2D eigenvalue weighted by Gasteiger charge is -2.14. The fourth-order valence-electron chi connectivity index (χ4n) is 4.21. The molecule has 0 aliphatic carbocycles. The Labute approximate surface area is 174 Å². The standard InChI is InChI=1S/C27H54/c1-5-9-11-12-13-14-15-19-23-27(8-4)25-21-17-16-20-24-26(7-3)22-18-10-6-2/h24,27H,5-23,25H2,1-4H3/b26-24+. The highest BCUT2D eigenvalue weighted by molar-refractivity contribution is 5.00. The van der Waals surface area contributed by atoms with Gasteiger partial charge in [0.1, 0.15) is 0 Å². The van der Waals surface area contributed by atoms with Crippen molar-refractivity contribution in [3.05, 3.63) is 11.6 Å². The van der Waals surface area contributed by atoms with Gasteiger partial charge < -0.3 is 0 Å². The maximum atomic E-state index is 2.56. The lowest BCUT2D eigenvalue weighted by Crippen LogP contribution is -1.99. The van der Waals surface area contributed by atoms with E-state index in [1.54, 1.807) is 5.57 Å². The third kappa shape index (κ3) is 18.9. The summed E-state index contributed by atoms with van der Waals surface area (Å²) in [4.78, 5) is 0. The van der Waals surface area contributed by atoms with Crippen molar-refractivity contribution in [3.63, 3.8) is 0 Å². The Bertz CT molecular complexity index is 301. The molecule has 0 aliphatic rings. The molecule has 0 amide bonds. The summed E-state index contributed by atoms with van der Waals surface area (Å²) in [6.45, 7) is 9.34. The summed E-state index contributed by atoms with van der Waals surface area (Å²) in [6.07, 6.45) is 31.0. The maximum absolute atomic E-state index is 2.56. The maximum Gasteiger partial charge on any atom is -0.0320 e. The van der Waals surface area contributed by atoms with Gasteiger partial charge in [0.2, 0.25) is 0 Å². The molecule has 0 heteroatoms. The normalized spacial score (nSPS) is 13.3. The van der Waals surface area contributed by atoms with E-state index in [0.717, 1.165) is 5.92 Å². The Morgan fingerprint density at radius 3 is 1.67 bits per heavy atom. The van der Waals surface area contributed by atoms with Crippen LogP contribution >= 0.6 is 0 Å². The van der Waals surface area contributed by atoms with Gasteiger partial charge in [-0.3, -0.25) is 0 Å². The van der Waals surface area contributed by atoms with Crippen molar-refractivity contribution < 1.29 is 0 Å². The second-order valence-electron chi connectivity index (χ2n) is 8.85. The van der Waals surface area contributed by atoms with E-state index >= 15 is 0 Å². The first kappa shape index (κ1) is 26.7. The molecular formula is C27H54. The van der Waals surface area contributed by atoms with Crippen molar-refractivity contribution in [2.24, 2.45) is 5.92 Å². The number of allylic oxidation sites excluding steroid dienone is 2. The van der Waals surface area contributed by atoms with Crippen LogP contribution in [-0.2, 0) is 0 Å². The first-order chi connectivity index (χ1) is 13.3. The van der Waals surface area contributed by atoms with Crippen molar-refractivity contribution in [2.45, 2.75) is 156 Å². The largest absolute Gasteiger partial charge is 0.0853 e. The Hall–Kier alpha value is -0.260. The lowest BCUT2D eigenvalue weighted by molar-refractivity contribution is 0.394. The highest BCUT2D eigenvalue weighted by Gasteiger charge is 2.06. The molecule has 0 radical (unpaired) electrons. The van der Waals surface area contributed by atoms with Crippen LogP contribution < -0.4 is 0 Å². The molecule has 0 spiro atoms. The van der Waals surface area contributed by atoms with Gasteiger partial charge in [0, 0.05) is 0 Å². The summed E-state index contributed by atoms with van der Waals surface area (Å²) in [7, 11) is 0. The predicted octanol–water partition coefficient (Wildman–Crippen LogP) is 10.4. The zero-order chi connectivity index (χ0) is 20.0. The summed E-state index contributed by atoms with van der Waals surface area (Å²) in [5.74, 6) is 1.00. The number of hydrogen-bond donors (Lipinski definition) is 0. The molecule has 0 aromatic rings. The molecule has 0 N–H and O–H groups in total. The van der Waals surface area contributed by atoms with Crippen LogP contribution in [0.1, 0.15) is 156 Å². The molecule has 0 nitrogen and oxygen atoms in total. The Kier molecular flexibility index (Phi) is 21.8. The molecule has 0 aromatic heterocycles. The van der Waals surface area contributed by atoms with Crippen molar-refractivity contribution in [2.75, 3.05) is 0 Å². The highest BCUT2D eigenvalue weighted by Crippen LogP contribution is 2.22. The molecule has 0 saturated heterocycles. The van der Waals surface area contributed by atoms with Crippen LogP contribution in [0.15, 0.2) is 11.6 Å².